The van der Waals surface area contributed by atoms with Crippen molar-refractivity contribution < 1.29 is 18.3 Å². The SMILES string of the molecule is CN(CCOCC1CC1)S(=O)(=O)c1cccc(O)c1. The maximum Gasteiger partial charge on any atom is 0.243 e. The minimum absolute atomic E-state index is 0.0561. The molecule has 0 amide bonds. The Morgan fingerprint density at radius 2 is 2.16 bits per heavy atom. The Hall–Kier alpha value is -1.11. The molecule has 0 unspecified atom stereocenters. The van der Waals surface area contributed by atoms with Gasteiger partial charge >= 0.3 is 0 Å². The molecule has 106 valence electrons. The molecule has 0 radical (unpaired) electrons. The third-order valence-electron chi connectivity index (χ3n) is 3.13. The van der Waals surface area contributed by atoms with Gasteiger partial charge in [0.05, 0.1) is 11.5 Å². The highest BCUT2D eigenvalue weighted by Gasteiger charge is 2.23. The fraction of sp³-hybridized carbons (Fsp3) is 0.538. The van der Waals surface area contributed by atoms with E-state index in [1.54, 1.807) is 0 Å². The van der Waals surface area contributed by atoms with E-state index in [4.69, 9.17) is 4.74 Å². The quantitative estimate of drug-likeness (QED) is 0.770. The summed E-state index contributed by atoms with van der Waals surface area (Å²) in [7, 11) is -2.04. The molecule has 5 nitrogen and oxygen atoms in total. The van der Waals surface area contributed by atoms with Crippen LogP contribution in [0.2, 0.25) is 0 Å². The van der Waals surface area contributed by atoms with Gasteiger partial charge in [0.2, 0.25) is 10.0 Å². The van der Waals surface area contributed by atoms with Crippen molar-refractivity contribution in [2.24, 2.45) is 5.92 Å². The van der Waals surface area contributed by atoms with Crippen LogP contribution in [0.3, 0.4) is 0 Å². The smallest absolute Gasteiger partial charge is 0.243 e. The summed E-state index contributed by atoms with van der Waals surface area (Å²) in [5, 5.41) is 9.33. The highest BCUT2D eigenvalue weighted by molar-refractivity contribution is 7.89. The van der Waals surface area contributed by atoms with E-state index in [1.807, 2.05) is 0 Å². The minimum Gasteiger partial charge on any atom is -0.508 e. The van der Waals surface area contributed by atoms with Gasteiger partial charge in [0, 0.05) is 20.2 Å². The zero-order valence-corrected chi connectivity index (χ0v) is 11.8. The molecule has 2 rings (SSSR count). The van der Waals surface area contributed by atoms with Crippen LogP contribution in [0.1, 0.15) is 12.8 Å². The summed E-state index contributed by atoms with van der Waals surface area (Å²) in [6, 6.07) is 5.67. The van der Waals surface area contributed by atoms with Crippen LogP contribution in [0, 0.1) is 5.92 Å². The molecule has 0 aliphatic heterocycles. The van der Waals surface area contributed by atoms with Crippen LogP contribution in [0.25, 0.3) is 0 Å². The molecule has 1 aliphatic rings. The maximum absolute atomic E-state index is 12.2. The molecule has 0 spiro atoms. The van der Waals surface area contributed by atoms with E-state index >= 15 is 0 Å². The maximum atomic E-state index is 12.2. The number of rotatable bonds is 7. The van der Waals surface area contributed by atoms with Crippen LogP contribution in [0.5, 0.6) is 5.75 Å². The van der Waals surface area contributed by atoms with Gasteiger partial charge in [0.25, 0.3) is 0 Å². The standard InChI is InChI=1S/C13H19NO4S/c1-14(7-8-18-10-11-5-6-11)19(16,17)13-4-2-3-12(15)9-13/h2-4,9,11,15H,5-8,10H2,1H3. The molecule has 1 saturated carbocycles. The Balaban J connectivity index is 1.90. The number of hydrogen-bond donors (Lipinski definition) is 1. The molecule has 19 heavy (non-hydrogen) atoms. The highest BCUT2D eigenvalue weighted by atomic mass is 32.2. The zero-order chi connectivity index (χ0) is 13.9. The lowest BCUT2D eigenvalue weighted by molar-refractivity contribution is 0.117. The predicted molar refractivity (Wildman–Crippen MR) is 71.5 cm³/mol. The molecule has 0 saturated heterocycles. The van der Waals surface area contributed by atoms with Crippen LogP contribution in [0.15, 0.2) is 29.2 Å². The van der Waals surface area contributed by atoms with Crippen LogP contribution < -0.4 is 0 Å². The van der Waals surface area contributed by atoms with Gasteiger partial charge in [-0.05, 0) is 37.0 Å². The number of hydrogen-bond acceptors (Lipinski definition) is 4. The number of sulfonamides is 1. The summed E-state index contributed by atoms with van der Waals surface area (Å²) in [4.78, 5) is 0.0946. The van der Waals surface area contributed by atoms with Gasteiger partial charge in [0.1, 0.15) is 5.75 Å². The van der Waals surface area contributed by atoms with Gasteiger partial charge in [-0.25, -0.2) is 8.42 Å². The highest BCUT2D eigenvalue weighted by Crippen LogP contribution is 2.28. The Kier molecular flexibility index (Phi) is 4.44. The first kappa shape index (κ1) is 14.3. The molecular weight excluding hydrogens is 266 g/mol. The summed E-state index contributed by atoms with van der Waals surface area (Å²) < 4.78 is 31.0. The number of phenols is 1. The molecule has 0 aromatic heterocycles. The van der Waals surface area contributed by atoms with Gasteiger partial charge in [0.15, 0.2) is 0 Å². The first-order chi connectivity index (χ1) is 9.00. The Bertz CT molecular complexity index is 525. The largest absolute Gasteiger partial charge is 0.508 e. The van der Waals surface area contributed by atoms with Gasteiger partial charge in [-0.15, -0.1) is 0 Å². The van der Waals surface area contributed by atoms with Crippen molar-refractivity contribution in [2.45, 2.75) is 17.7 Å². The lowest BCUT2D eigenvalue weighted by Crippen LogP contribution is -2.30. The fourth-order valence-corrected chi connectivity index (χ4v) is 2.87. The molecular formula is C13H19NO4S. The third kappa shape index (κ3) is 3.92. The molecule has 1 aromatic rings. The van der Waals surface area contributed by atoms with E-state index in [9.17, 15) is 13.5 Å². The van der Waals surface area contributed by atoms with E-state index in [2.05, 4.69) is 0 Å². The van der Waals surface area contributed by atoms with Crippen molar-refractivity contribution in [1.82, 2.24) is 4.31 Å². The minimum atomic E-state index is -3.55. The van der Waals surface area contributed by atoms with Gasteiger partial charge in [-0.2, -0.15) is 4.31 Å². The van der Waals surface area contributed by atoms with Crippen LogP contribution in [0.4, 0.5) is 0 Å². The molecule has 1 fully saturated rings. The zero-order valence-electron chi connectivity index (χ0n) is 10.9. The Morgan fingerprint density at radius 3 is 2.79 bits per heavy atom. The monoisotopic (exact) mass is 285 g/mol. The molecule has 1 N–H and O–H groups in total. The van der Waals surface area contributed by atoms with E-state index < -0.39 is 10.0 Å². The van der Waals surface area contributed by atoms with E-state index in [0.717, 1.165) is 6.61 Å². The van der Waals surface area contributed by atoms with Gasteiger partial charge in [-0.1, -0.05) is 6.07 Å². The number of aromatic hydroxyl groups is 1. The number of nitrogens with zero attached hydrogens (tertiary/aromatic N) is 1. The van der Waals surface area contributed by atoms with Crippen molar-refractivity contribution >= 4 is 10.0 Å². The van der Waals surface area contributed by atoms with E-state index in [0.29, 0.717) is 19.1 Å². The molecule has 0 bridgehead atoms. The van der Waals surface area contributed by atoms with Crippen molar-refractivity contribution in [2.75, 3.05) is 26.8 Å². The fourth-order valence-electron chi connectivity index (χ4n) is 1.67. The van der Waals surface area contributed by atoms with E-state index in [1.165, 1.54) is 48.5 Å². The number of phenolic OH excluding ortho intramolecular Hbond substituents is 1. The van der Waals surface area contributed by atoms with Gasteiger partial charge < -0.3 is 9.84 Å². The van der Waals surface area contributed by atoms with Crippen LogP contribution in [-0.4, -0.2) is 44.6 Å². The number of benzene rings is 1. The second kappa shape index (κ2) is 5.90. The molecule has 0 heterocycles. The predicted octanol–water partition coefficient (Wildman–Crippen LogP) is 1.44. The Morgan fingerprint density at radius 1 is 1.42 bits per heavy atom. The summed E-state index contributed by atoms with van der Waals surface area (Å²) in [5.74, 6) is 0.618. The van der Waals surface area contributed by atoms with E-state index in [-0.39, 0.29) is 10.6 Å². The lowest BCUT2D eigenvalue weighted by atomic mass is 10.3. The van der Waals surface area contributed by atoms with Crippen molar-refractivity contribution in [3.8, 4) is 5.75 Å². The molecule has 0 atom stereocenters. The second-order valence-corrected chi connectivity index (χ2v) is 6.89. The summed E-state index contributed by atoms with van der Waals surface area (Å²) in [6.07, 6.45) is 2.44. The summed E-state index contributed by atoms with van der Waals surface area (Å²) in [5.41, 5.74) is 0. The third-order valence-corrected chi connectivity index (χ3v) is 4.98. The van der Waals surface area contributed by atoms with Crippen molar-refractivity contribution in [3.05, 3.63) is 24.3 Å². The molecule has 1 aromatic carbocycles. The topological polar surface area (TPSA) is 66.8 Å². The van der Waals surface area contributed by atoms with Gasteiger partial charge in [-0.3, -0.25) is 0 Å². The average Bonchev–Trinajstić information content (AvgIpc) is 3.18. The normalized spacial score (nSPS) is 15.9. The van der Waals surface area contributed by atoms with Crippen molar-refractivity contribution in [1.29, 1.82) is 0 Å². The number of likely N-dealkylation sites (N-methyl/N-ethyl adjacent to an activating group) is 1. The molecule has 6 heteroatoms. The second-order valence-electron chi connectivity index (χ2n) is 4.84. The first-order valence-electron chi connectivity index (χ1n) is 6.33. The Labute approximate surface area is 113 Å². The molecule has 1 aliphatic carbocycles. The number of ether oxygens (including phenoxy) is 1. The van der Waals surface area contributed by atoms with Crippen LogP contribution in [-0.2, 0) is 14.8 Å². The lowest BCUT2D eigenvalue weighted by Gasteiger charge is -2.17. The summed E-state index contributed by atoms with van der Waals surface area (Å²) >= 11 is 0. The first-order valence-corrected chi connectivity index (χ1v) is 7.77. The van der Waals surface area contributed by atoms with Crippen molar-refractivity contribution in [3.63, 3.8) is 0 Å². The average molecular weight is 285 g/mol. The van der Waals surface area contributed by atoms with Crippen LogP contribution >= 0.6 is 0 Å². The summed E-state index contributed by atoms with van der Waals surface area (Å²) in [6.45, 7) is 1.43.